The van der Waals surface area contributed by atoms with Crippen LogP contribution in [0.2, 0.25) is 10.0 Å². The highest BCUT2D eigenvalue weighted by molar-refractivity contribution is 6.33. The minimum Gasteiger partial charge on any atom is -0.380 e. The van der Waals surface area contributed by atoms with E-state index in [-0.39, 0.29) is 69.5 Å². The van der Waals surface area contributed by atoms with Crippen molar-refractivity contribution in [3.63, 3.8) is 0 Å². The second-order valence-electron chi connectivity index (χ2n) is 23.7. The lowest BCUT2D eigenvalue weighted by Crippen LogP contribution is -2.40. The zero-order valence-corrected chi connectivity index (χ0v) is 52.0. The number of carbonyl (C=O) groups is 3. The lowest BCUT2D eigenvalue weighted by Gasteiger charge is -2.24. The molecule has 0 aliphatic rings. The van der Waals surface area contributed by atoms with Crippen LogP contribution < -0.4 is 0 Å². The number of benzene rings is 9. The van der Waals surface area contributed by atoms with Gasteiger partial charge in [-0.05, 0) is 124 Å². The largest absolute Gasteiger partial charge is 0.380 e. The summed E-state index contributed by atoms with van der Waals surface area (Å²) in [7, 11) is 0. The molecule has 9 aromatic carbocycles. The number of halogens is 3. The van der Waals surface area contributed by atoms with Crippen molar-refractivity contribution >= 4 is 123 Å². The number of fused-ring (bicyclic) bond motifs is 9. The summed E-state index contributed by atoms with van der Waals surface area (Å²) in [6.07, 6.45) is 0.153. The first-order valence-electron chi connectivity index (χ1n) is 29.1. The van der Waals surface area contributed by atoms with E-state index in [2.05, 4.69) is 33.6 Å². The maximum Gasteiger partial charge on any atom is 0.205 e. The summed E-state index contributed by atoms with van der Waals surface area (Å²) >= 11 is 12.2. The van der Waals surface area contributed by atoms with E-state index in [0.717, 1.165) is 87.7 Å². The molecule has 12 nitrogen and oxygen atoms in total. The van der Waals surface area contributed by atoms with Gasteiger partial charge in [0.05, 0.1) is 39.4 Å². The second kappa shape index (κ2) is 26.8. The number of hydrogen-bond acceptors (Lipinski definition) is 6. The van der Waals surface area contributed by atoms with Gasteiger partial charge in [0.2, 0.25) is 11.4 Å². The Balaban J connectivity index is 0.000000161. The SMILES string of the molecule is C.[C-]#[N+]c1ccc(CC(=O)[C@@](C)(O)Cn2c3ccc(C)cc3c3cc(F)ccc32)cc1C.[C-]#[N+]c1ccc(CC(=O)[C@@](C)(O)Cn2c3ccccc3c3cc(C)ccc32)cc1Cl.[C-]#[N+]c1ccc(CC(=O)[C@@](C)(O)Cn2c3ccccc3c3ccccc32)cc1Cl. The number of hydrogen-bond donors (Lipinski definition) is 3. The van der Waals surface area contributed by atoms with Crippen molar-refractivity contribution in [1.29, 1.82) is 0 Å². The topological polar surface area (TPSA) is 140 Å². The van der Waals surface area contributed by atoms with Crippen molar-refractivity contribution in [2.24, 2.45) is 0 Å². The second-order valence-corrected chi connectivity index (χ2v) is 24.5. The highest BCUT2D eigenvalue weighted by Crippen LogP contribution is 2.36. The number of ketones is 3. The van der Waals surface area contributed by atoms with Gasteiger partial charge in [0.1, 0.15) is 22.6 Å². The van der Waals surface area contributed by atoms with Crippen LogP contribution in [0.4, 0.5) is 21.5 Å². The van der Waals surface area contributed by atoms with Crippen LogP contribution in [0.3, 0.4) is 0 Å². The van der Waals surface area contributed by atoms with Crippen LogP contribution in [0.5, 0.6) is 0 Å². The third-order valence-corrected chi connectivity index (χ3v) is 17.1. The first-order valence-corrected chi connectivity index (χ1v) is 29.8. The van der Waals surface area contributed by atoms with Crippen LogP contribution in [0.25, 0.3) is 80.0 Å². The molecule has 3 heterocycles. The monoisotopic (exact) mass is 1250 g/mol. The van der Waals surface area contributed by atoms with Gasteiger partial charge in [0.15, 0.2) is 23.0 Å². The van der Waals surface area contributed by atoms with Crippen LogP contribution in [-0.4, -0.2) is 63.2 Å². The normalized spacial score (nSPS) is 13.2. The molecule has 0 aliphatic heterocycles. The summed E-state index contributed by atoms with van der Waals surface area (Å²) in [5, 5.41) is 39.9. The van der Waals surface area contributed by atoms with E-state index in [0.29, 0.717) is 38.2 Å². The summed E-state index contributed by atoms with van der Waals surface area (Å²) < 4.78 is 19.8. The fourth-order valence-corrected chi connectivity index (χ4v) is 12.1. The van der Waals surface area contributed by atoms with Crippen molar-refractivity contribution in [2.45, 2.75) is 105 Å². The minimum atomic E-state index is -1.62. The maximum atomic E-state index is 13.9. The van der Waals surface area contributed by atoms with E-state index in [1.807, 2.05) is 131 Å². The molecule has 0 bridgehead atoms. The van der Waals surface area contributed by atoms with Crippen LogP contribution in [-0.2, 0) is 53.3 Å². The van der Waals surface area contributed by atoms with Crippen molar-refractivity contribution in [3.05, 3.63) is 265 Å². The molecular weight excluding hydrogens is 1180 g/mol. The number of Topliss-reactive ketones (excluding diaryl/α,β-unsaturated/α-hetero) is 3. The molecule has 458 valence electrons. The number of carbonyl (C=O) groups excluding carboxylic acids is 3. The van der Waals surface area contributed by atoms with Crippen LogP contribution in [0, 0.1) is 46.3 Å². The highest BCUT2D eigenvalue weighted by Gasteiger charge is 2.35. The van der Waals surface area contributed by atoms with Gasteiger partial charge in [-0.25, -0.2) is 18.9 Å². The van der Waals surface area contributed by atoms with E-state index in [9.17, 15) is 34.1 Å². The molecule has 91 heavy (non-hydrogen) atoms. The third-order valence-electron chi connectivity index (χ3n) is 16.5. The number of aliphatic hydroxyl groups is 3. The average molecular weight is 1250 g/mol. The molecule has 0 radical (unpaired) electrons. The Morgan fingerprint density at radius 2 is 0.725 bits per heavy atom. The van der Waals surface area contributed by atoms with E-state index < -0.39 is 16.8 Å². The molecule has 0 amide bonds. The van der Waals surface area contributed by atoms with Crippen LogP contribution in [0.1, 0.15) is 61.6 Å². The predicted octanol–water partition coefficient (Wildman–Crippen LogP) is 17.7. The Hall–Kier alpha value is -9.75. The van der Waals surface area contributed by atoms with Crippen LogP contribution >= 0.6 is 23.2 Å². The molecule has 0 unspecified atom stereocenters. The summed E-state index contributed by atoms with van der Waals surface area (Å²) in [4.78, 5) is 49.0. The van der Waals surface area contributed by atoms with Crippen LogP contribution in [0.15, 0.2) is 182 Å². The molecule has 0 saturated heterocycles. The molecule has 0 saturated carbocycles. The van der Waals surface area contributed by atoms with Gasteiger partial charge in [0.25, 0.3) is 0 Å². The van der Waals surface area contributed by atoms with Crippen molar-refractivity contribution in [3.8, 4) is 0 Å². The zero-order chi connectivity index (χ0) is 64.4. The summed E-state index contributed by atoms with van der Waals surface area (Å²) in [5.74, 6) is -1.24. The quantitative estimate of drug-likeness (QED) is 0.0874. The molecule has 0 spiro atoms. The van der Waals surface area contributed by atoms with E-state index in [1.165, 1.54) is 19.1 Å². The highest BCUT2D eigenvalue weighted by atomic mass is 35.5. The zero-order valence-electron chi connectivity index (χ0n) is 50.4. The Kier molecular flexibility index (Phi) is 19.3. The van der Waals surface area contributed by atoms with E-state index in [4.69, 9.17) is 42.9 Å². The molecule has 3 atom stereocenters. The lowest BCUT2D eigenvalue weighted by atomic mass is 9.94. The number of rotatable bonds is 15. The minimum absolute atomic E-state index is 0. The average Bonchev–Trinajstić information content (AvgIpc) is 1.63. The Morgan fingerprint density at radius 3 is 1.09 bits per heavy atom. The maximum absolute atomic E-state index is 13.9. The lowest BCUT2D eigenvalue weighted by molar-refractivity contribution is -0.136. The fraction of sp³-hybridized carbons (Fsp3) is 0.211. The van der Waals surface area contributed by atoms with Gasteiger partial charge in [-0.2, -0.15) is 0 Å². The molecule has 12 rings (SSSR count). The molecule has 12 aromatic rings. The first-order chi connectivity index (χ1) is 42.9. The Morgan fingerprint density at radius 1 is 0.418 bits per heavy atom. The molecular formula is C76H67Cl2FN6O6. The first kappa shape index (κ1) is 65.7. The summed E-state index contributed by atoms with van der Waals surface area (Å²) in [5.41, 5.74) is 7.17. The van der Waals surface area contributed by atoms with Gasteiger partial charge < -0.3 is 29.0 Å². The van der Waals surface area contributed by atoms with Crippen molar-refractivity contribution in [1.82, 2.24) is 13.7 Å². The number of aryl methyl sites for hydroxylation is 3. The molecule has 15 heteroatoms. The van der Waals surface area contributed by atoms with Gasteiger partial charge in [-0.3, -0.25) is 14.4 Å². The number of aromatic nitrogens is 3. The Labute approximate surface area is 538 Å². The number of para-hydroxylation sites is 3. The van der Waals surface area contributed by atoms with E-state index >= 15 is 0 Å². The molecule has 3 N–H and O–H groups in total. The summed E-state index contributed by atoms with van der Waals surface area (Å²) in [6, 6.07) is 55.8. The summed E-state index contributed by atoms with van der Waals surface area (Å²) in [6.45, 7) is 32.1. The standard InChI is InChI=1S/C26H23FN2O2.C25H21ClN2O2.C24H19ClN2O2.CH4/c1-16-5-9-23-20(11-16)21-14-19(27)7-10-24(21)29(23)15-26(3,31)25(30)13-18-6-8-22(28-4)17(2)12-18;1-16-8-11-23-19(12-16)18-6-4-5-7-22(18)28(23)15-25(2,30)24(29)14-17-9-10-21(27-3)20(26)13-17;1-24(29,23(28)14-16-11-12-20(26-2)19(25)13-16)15-27-21-9-5-3-7-17(21)18-8-4-6-10-22(18)27;/h5-12,14,31H,13,15H2,1-3H3;4-13,30H,14-15H2,1-2H3;3-13,29H,14-15H2,1H3;1H4/t26-;25-;24-;/m000./s1. The van der Waals surface area contributed by atoms with Crippen molar-refractivity contribution in [2.75, 3.05) is 0 Å². The Bertz CT molecular complexity index is 4860. The predicted molar refractivity (Wildman–Crippen MR) is 365 cm³/mol. The van der Waals surface area contributed by atoms with Gasteiger partial charge >= 0.3 is 0 Å². The van der Waals surface area contributed by atoms with E-state index in [1.54, 1.807) is 68.4 Å². The fourth-order valence-electron chi connectivity index (χ4n) is 11.6. The van der Waals surface area contributed by atoms with Crippen molar-refractivity contribution < 1.29 is 34.1 Å². The smallest absolute Gasteiger partial charge is 0.205 e. The van der Waals surface area contributed by atoms with Gasteiger partial charge in [-0.1, -0.05) is 163 Å². The number of nitrogens with zero attached hydrogens (tertiary/aromatic N) is 6. The molecule has 3 aromatic heterocycles. The third kappa shape index (κ3) is 13.9. The molecule has 0 aliphatic carbocycles. The molecule has 0 fully saturated rings. The van der Waals surface area contributed by atoms with Gasteiger partial charge in [-0.15, -0.1) is 0 Å². The van der Waals surface area contributed by atoms with Gasteiger partial charge in [0, 0.05) is 94.7 Å².